The van der Waals surface area contributed by atoms with Crippen LogP contribution in [-0.2, 0) is 14.3 Å². The lowest BCUT2D eigenvalue weighted by Crippen LogP contribution is -2.17. The minimum atomic E-state index is -0.473. The molecule has 0 aromatic carbocycles. The molecule has 0 aromatic rings. The molecule has 0 aromatic heterocycles. The number of ether oxygens (including phenoxy) is 1. The Labute approximate surface area is 73.3 Å². The van der Waals surface area contributed by atoms with E-state index in [1.165, 1.54) is 0 Å². The zero-order valence-electron chi connectivity index (χ0n) is 5.89. The van der Waals surface area contributed by atoms with Gasteiger partial charge in [0, 0.05) is 0 Å². The first-order chi connectivity index (χ1) is 4.57. The molecule has 0 saturated heterocycles. The second kappa shape index (κ2) is 4.65. The standard InChI is InChI=1S/C6H9IO3/c1-4(2)6(9)10-5(8)3-7/h4H,3H2,1-2H3. The SMILES string of the molecule is CC(C)C(=O)OC(=O)CI. The minimum absolute atomic E-state index is 0.218. The van der Waals surface area contributed by atoms with Crippen LogP contribution in [-0.4, -0.2) is 16.4 Å². The van der Waals surface area contributed by atoms with Crippen LogP contribution in [0.1, 0.15) is 13.8 Å². The summed E-state index contributed by atoms with van der Waals surface area (Å²) in [5, 5.41) is 0. The molecule has 4 heteroatoms. The van der Waals surface area contributed by atoms with E-state index in [2.05, 4.69) is 4.74 Å². The second-order valence-electron chi connectivity index (χ2n) is 2.08. The number of rotatable bonds is 2. The summed E-state index contributed by atoms with van der Waals surface area (Å²) in [4.78, 5) is 21.1. The number of halogens is 1. The van der Waals surface area contributed by atoms with Crippen molar-refractivity contribution in [3.8, 4) is 0 Å². The second-order valence-corrected chi connectivity index (χ2v) is 2.84. The Morgan fingerprint density at radius 1 is 1.50 bits per heavy atom. The van der Waals surface area contributed by atoms with Gasteiger partial charge < -0.3 is 4.74 Å². The summed E-state index contributed by atoms with van der Waals surface area (Å²) in [7, 11) is 0. The fourth-order valence-electron chi connectivity index (χ4n) is 0.257. The van der Waals surface area contributed by atoms with Crippen molar-refractivity contribution in [3.63, 3.8) is 0 Å². The molecule has 0 saturated carbocycles. The van der Waals surface area contributed by atoms with Crippen LogP contribution in [0.4, 0.5) is 0 Å². The van der Waals surface area contributed by atoms with Gasteiger partial charge in [-0.3, -0.25) is 9.59 Å². The maximum absolute atomic E-state index is 10.7. The Kier molecular flexibility index (Phi) is 4.59. The Morgan fingerprint density at radius 2 is 2.00 bits per heavy atom. The number of alkyl halides is 1. The van der Waals surface area contributed by atoms with Gasteiger partial charge in [0.1, 0.15) is 0 Å². The predicted molar refractivity (Wildman–Crippen MR) is 44.8 cm³/mol. The van der Waals surface area contributed by atoms with Gasteiger partial charge in [-0.1, -0.05) is 36.4 Å². The predicted octanol–water partition coefficient (Wildman–Crippen LogP) is 1.15. The van der Waals surface area contributed by atoms with E-state index in [0.29, 0.717) is 0 Å². The summed E-state index contributed by atoms with van der Waals surface area (Å²) >= 11 is 1.84. The third-order valence-corrected chi connectivity index (χ3v) is 1.42. The van der Waals surface area contributed by atoms with Crippen LogP contribution in [0.5, 0.6) is 0 Å². The highest BCUT2D eigenvalue weighted by Gasteiger charge is 2.11. The van der Waals surface area contributed by atoms with Gasteiger partial charge >= 0.3 is 11.9 Å². The molecule has 0 spiro atoms. The molecule has 0 aliphatic carbocycles. The summed E-state index contributed by atoms with van der Waals surface area (Å²) in [6, 6.07) is 0. The molecule has 0 amide bonds. The summed E-state index contributed by atoms with van der Waals surface area (Å²) < 4.78 is 4.59. The lowest BCUT2D eigenvalue weighted by atomic mass is 10.2. The van der Waals surface area contributed by atoms with Crippen LogP contribution in [0.3, 0.4) is 0 Å². The van der Waals surface area contributed by atoms with Crippen molar-refractivity contribution in [3.05, 3.63) is 0 Å². The van der Waals surface area contributed by atoms with Crippen LogP contribution in [0, 0.1) is 5.92 Å². The van der Waals surface area contributed by atoms with E-state index in [1.54, 1.807) is 13.8 Å². The van der Waals surface area contributed by atoms with Crippen molar-refractivity contribution in [2.75, 3.05) is 4.43 Å². The molecule has 58 valence electrons. The van der Waals surface area contributed by atoms with E-state index in [4.69, 9.17) is 0 Å². The lowest BCUT2D eigenvalue weighted by Gasteiger charge is -2.01. The molecule has 0 heterocycles. The lowest BCUT2D eigenvalue weighted by molar-refractivity contribution is -0.159. The van der Waals surface area contributed by atoms with Crippen LogP contribution in [0.25, 0.3) is 0 Å². The van der Waals surface area contributed by atoms with Crippen LogP contribution in [0.2, 0.25) is 0 Å². The van der Waals surface area contributed by atoms with Gasteiger partial charge in [-0.2, -0.15) is 0 Å². The smallest absolute Gasteiger partial charge is 0.323 e. The Bertz CT molecular complexity index is 142. The fourth-order valence-corrected chi connectivity index (χ4v) is 0.413. The van der Waals surface area contributed by atoms with Gasteiger partial charge in [0.2, 0.25) is 0 Å². The molecule has 0 rings (SSSR count). The molecule has 0 aliphatic rings. The summed E-state index contributed by atoms with van der Waals surface area (Å²) in [6.45, 7) is 3.37. The van der Waals surface area contributed by atoms with Crippen molar-refractivity contribution >= 4 is 34.5 Å². The van der Waals surface area contributed by atoms with E-state index in [9.17, 15) is 9.59 Å². The Balaban J connectivity index is 3.69. The van der Waals surface area contributed by atoms with E-state index in [1.807, 2.05) is 22.6 Å². The Hall–Kier alpha value is -0.130. The van der Waals surface area contributed by atoms with Crippen molar-refractivity contribution in [1.82, 2.24) is 0 Å². The average Bonchev–Trinajstić information content (AvgIpc) is 1.87. The molecule has 0 unspecified atom stereocenters. The number of carbonyl (C=O) groups excluding carboxylic acids is 2. The van der Waals surface area contributed by atoms with Crippen molar-refractivity contribution in [1.29, 1.82) is 0 Å². The van der Waals surface area contributed by atoms with Crippen LogP contribution in [0.15, 0.2) is 0 Å². The first-order valence-corrected chi connectivity index (χ1v) is 4.41. The van der Waals surface area contributed by atoms with Crippen molar-refractivity contribution in [2.24, 2.45) is 5.92 Å². The summed E-state index contributed by atoms with van der Waals surface area (Å²) in [5.74, 6) is -1.16. The summed E-state index contributed by atoms with van der Waals surface area (Å²) in [6.07, 6.45) is 0. The topological polar surface area (TPSA) is 43.4 Å². The molecule has 3 nitrogen and oxygen atoms in total. The molecule has 0 aliphatic heterocycles. The van der Waals surface area contributed by atoms with Crippen LogP contribution < -0.4 is 0 Å². The molecule has 0 N–H and O–H groups in total. The highest BCUT2D eigenvalue weighted by molar-refractivity contribution is 14.1. The highest BCUT2D eigenvalue weighted by Crippen LogP contribution is 1.97. The number of hydrogen-bond donors (Lipinski definition) is 0. The van der Waals surface area contributed by atoms with E-state index in [-0.39, 0.29) is 10.3 Å². The fraction of sp³-hybridized carbons (Fsp3) is 0.667. The molecule has 0 radical (unpaired) electrons. The van der Waals surface area contributed by atoms with Crippen LogP contribution >= 0.6 is 22.6 Å². The van der Waals surface area contributed by atoms with E-state index < -0.39 is 11.9 Å². The maximum Gasteiger partial charge on any atom is 0.323 e. The van der Waals surface area contributed by atoms with Gasteiger partial charge in [0.25, 0.3) is 0 Å². The van der Waals surface area contributed by atoms with Gasteiger partial charge in [-0.25, -0.2) is 0 Å². The van der Waals surface area contributed by atoms with Crippen molar-refractivity contribution < 1.29 is 14.3 Å². The average molecular weight is 256 g/mol. The van der Waals surface area contributed by atoms with Crippen molar-refractivity contribution in [2.45, 2.75) is 13.8 Å². The molecule has 0 atom stereocenters. The summed E-state index contributed by atoms with van der Waals surface area (Å²) in [5.41, 5.74) is 0. The molecule has 10 heavy (non-hydrogen) atoms. The number of carbonyl (C=O) groups is 2. The minimum Gasteiger partial charge on any atom is -0.392 e. The maximum atomic E-state index is 10.7. The normalized spacial score (nSPS) is 9.60. The highest BCUT2D eigenvalue weighted by atomic mass is 127. The van der Waals surface area contributed by atoms with E-state index in [0.717, 1.165) is 0 Å². The van der Waals surface area contributed by atoms with Gasteiger partial charge in [-0.05, 0) is 0 Å². The molecule has 0 fully saturated rings. The first-order valence-electron chi connectivity index (χ1n) is 2.88. The number of hydrogen-bond acceptors (Lipinski definition) is 3. The molecular formula is C6H9IO3. The Morgan fingerprint density at radius 3 is 2.30 bits per heavy atom. The first kappa shape index (κ1) is 9.87. The van der Waals surface area contributed by atoms with E-state index >= 15 is 0 Å². The zero-order chi connectivity index (χ0) is 8.15. The van der Waals surface area contributed by atoms with Gasteiger partial charge in [0.15, 0.2) is 0 Å². The third-order valence-electron chi connectivity index (χ3n) is 0.795. The molecule has 0 bridgehead atoms. The van der Waals surface area contributed by atoms with Gasteiger partial charge in [-0.15, -0.1) is 0 Å². The van der Waals surface area contributed by atoms with Gasteiger partial charge in [0.05, 0.1) is 10.3 Å². The quantitative estimate of drug-likeness (QED) is 0.322. The monoisotopic (exact) mass is 256 g/mol. The number of esters is 2. The zero-order valence-corrected chi connectivity index (χ0v) is 8.04. The largest absolute Gasteiger partial charge is 0.392 e. The third kappa shape index (κ3) is 3.81. The molecular weight excluding hydrogens is 247 g/mol.